The number of oxazole rings is 1. The zero-order valence-corrected chi connectivity index (χ0v) is 26.4. The van der Waals surface area contributed by atoms with Crippen molar-refractivity contribution in [3.63, 3.8) is 0 Å². The summed E-state index contributed by atoms with van der Waals surface area (Å²) < 4.78 is 12.4. The molecule has 10 rings (SSSR count). The number of anilines is 3. The molecule has 4 heteroatoms. The van der Waals surface area contributed by atoms with Gasteiger partial charge in [0, 0.05) is 38.5 Å². The lowest BCUT2D eigenvalue weighted by Crippen LogP contribution is -2.10. The van der Waals surface area contributed by atoms with Gasteiger partial charge in [-0.25, -0.2) is 4.98 Å². The first-order valence-corrected chi connectivity index (χ1v) is 16.5. The highest BCUT2D eigenvalue weighted by Gasteiger charge is 2.19. The molecule has 0 spiro atoms. The second kappa shape index (κ2) is 11.0. The molecular formula is C45H28N2O2. The fourth-order valence-electron chi connectivity index (χ4n) is 7.16. The first-order valence-electron chi connectivity index (χ1n) is 16.5. The first kappa shape index (κ1) is 27.5. The third kappa shape index (κ3) is 4.49. The standard InChI is InChI=1S/C45H28N2O2/c1-3-10-31(11-4-1)45-46-44-42(49-45)27-21-30-20-25-35-37(43(30)44)15-9-16-39(35)47(33-12-5-2-6-13-33)34-23-18-29(19-24-34)32-22-26-41-38(28-32)36-14-7-8-17-40(36)48-41/h1-28H. The van der Waals surface area contributed by atoms with E-state index in [0.29, 0.717) is 5.89 Å². The van der Waals surface area contributed by atoms with Crippen molar-refractivity contribution in [2.75, 3.05) is 4.90 Å². The monoisotopic (exact) mass is 628 g/mol. The molecule has 0 unspecified atom stereocenters. The van der Waals surface area contributed by atoms with Gasteiger partial charge in [-0.3, -0.25) is 0 Å². The highest BCUT2D eigenvalue weighted by Crippen LogP contribution is 2.43. The topological polar surface area (TPSA) is 42.4 Å². The van der Waals surface area contributed by atoms with Crippen molar-refractivity contribution in [3.05, 3.63) is 170 Å². The van der Waals surface area contributed by atoms with E-state index in [1.165, 1.54) is 0 Å². The second-order valence-corrected chi connectivity index (χ2v) is 12.4. The minimum Gasteiger partial charge on any atom is -0.456 e. The first-order chi connectivity index (χ1) is 24.3. The zero-order chi connectivity index (χ0) is 32.3. The van der Waals surface area contributed by atoms with Crippen LogP contribution in [0.1, 0.15) is 0 Å². The Morgan fingerprint density at radius 3 is 1.94 bits per heavy atom. The molecule has 0 bridgehead atoms. The summed E-state index contributed by atoms with van der Waals surface area (Å²) in [5.74, 6) is 0.627. The Balaban J connectivity index is 1.12. The Hall–Kier alpha value is -6.65. The van der Waals surface area contributed by atoms with Gasteiger partial charge in [0.25, 0.3) is 0 Å². The lowest BCUT2D eigenvalue weighted by Gasteiger charge is -2.27. The van der Waals surface area contributed by atoms with Gasteiger partial charge in [-0.2, -0.15) is 0 Å². The van der Waals surface area contributed by atoms with Gasteiger partial charge in [-0.1, -0.05) is 103 Å². The summed E-state index contributed by atoms with van der Waals surface area (Å²) in [7, 11) is 0. The van der Waals surface area contributed by atoms with Gasteiger partial charge >= 0.3 is 0 Å². The molecule has 0 radical (unpaired) electrons. The Labute approximate surface area is 282 Å². The summed E-state index contributed by atoms with van der Waals surface area (Å²) in [6, 6.07) is 59.2. The number of nitrogens with zero attached hydrogens (tertiary/aromatic N) is 2. The summed E-state index contributed by atoms with van der Waals surface area (Å²) in [4.78, 5) is 7.37. The van der Waals surface area contributed by atoms with Crippen LogP contribution < -0.4 is 4.90 Å². The normalized spacial score (nSPS) is 11.7. The molecule has 0 aliphatic carbocycles. The van der Waals surface area contributed by atoms with Crippen molar-refractivity contribution >= 4 is 71.6 Å². The van der Waals surface area contributed by atoms with Crippen LogP contribution in [0.2, 0.25) is 0 Å². The van der Waals surface area contributed by atoms with Crippen LogP contribution in [-0.2, 0) is 0 Å². The van der Waals surface area contributed by atoms with Crippen LogP contribution >= 0.6 is 0 Å². The van der Waals surface area contributed by atoms with E-state index in [2.05, 4.69) is 126 Å². The van der Waals surface area contributed by atoms with Gasteiger partial charge in [-0.15, -0.1) is 0 Å². The number of hydrogen-bond acceptors (Lipinski definition) is 4. The highest BCUT2D eigenvalue weighted by molar-refractivity contribution is 6.21. The lowest BCUT2D eigenvalue weighted by molar-refractivity contribution is 0.620. The summed E-state index contributed by atoms with van der Waals surface area (Å²) in [5.41, 5.74) is 9.97. The smallest absolute Gasteiger partial charge is 0.227 e. The quantitative estimate of drug-likeness (QED) is 0.178. The molecule has 0 saturated heterocycles. The predicted octanol–water partition coefficient (Wildman–Crippen LogP) is 12.8. The van der Waals surface area contributed by atoms with Gasteiger partial charge in [-0.05, 0) is 88.6 Å². The average molecular weight is 629 g/mol. The lowest BCUT2D eigenvalue weighted by atomic mass is 9.98. The van der Waals surface area contributed by atoms with E-state index in [9.17, 15) is 0 Å². The molecular weight excluding hydrogens is 601 g/mol. The minimum atomic E-state index is 0.627. The van der Waals surface area contributed by atoms with E-state index >= 15 is 0 Å². The molecule has 49 heavy (non-hydrogen) atoms. The van der Waals surface area contributed by atoms with Crippen LogP contribution in [0.25, 0.3) is 77.2 Å². The maximum absolute atomic E-state index is 6.29. The summed E-state index contributed by atoms with van der Waals surface area (Å²) in [6.45, 7) is 0. The van der Waals surface area contributed by atoms with E-state index in [4.69, 9.17) is 13.8 Å². The molecule has 8 aromatic carbocycles. The van der Waals surface area contributed by atoms with Crippen LogP contribution in [0.15, 0.2) is 179 Å². The molecule has 0 N–H and O–H groups in total. The van der Waals surface area contributed by atoms with E-state index in [0.717, 1.165) is 88.3 Å². The van der Waals surface area contributed by atoms with Gasteiger partial charge in [0.1, 0.15) is 16.7 Å². The Morgan fingerprint density at radius 2 is 1.08 bits per heavy atom. The molecule has 0 fully saturated rings. The van der Waals surface area contributed by atoms with Crippen LogP contribution in [0.3, 0.4) is 0 Å². The van der Waals surface area contributed by atoms with Gasteiger partial charge in [0.05, 0.1) is 5.69 Å². The van der Waals surface area contributed by atoms with Crippen molar-refractivity contribution in [1.29, 1.82) is 0 Å². The van der Waals surface area contributed by atoms with Crippen molar-refractivity contribution in [2.24, 2.45) is 0 Å². The number of aromatic nitrogens is 1. The van der Waals surface area contributed by atoms with E-state index in [1.807, 2.05) is 48.5 Å². The molecule has 0 aliphatic rings. The predicted molar refractivity (Wildman–Crippen MR) is 202 cm³/mol. The molecule has 4 nitrogen and oxygen atoms in total. The summed E-state index contributed by atoms with van der Waals surface area (Å²) in [5, 5.41) is 6.75. The molecule has 0 atom stereocenters. The SMILES string of the molecule is c1ccc(-c2nc3c(ccc4ccc5c(N(c6ccccc6)c6ccc(-c7ccc8oc9ccccc9c8c7)cc6)cccc5c43)o2)cc1. The molecule has 0 aliphatic heterocycles. The fourth-order valence-corrected chi connectivity index (χ4v) is 7.16. The van der Waals surface area contributed by atoms with Crippen LogP contribution in [0, 0.1) is 0 Å². The Morgan fingerprint density at radius 1 is 0.408 bits per heavy atom. The Bertz CT molecular complexity index is 2820. The maximum Gasteiger partial charge on any atom is 0.227 e. The second-order valence-electron chi connectivity index (χ2n) is 12.4. The van der Waals surface area contributed by atoms with Gasteiger partial charge < -0.3 is 13.7 Å². The van der Waals surface area contributed by atoms with Crippen molar-refractivity contribution in [3.8, 4) is 22.6 Å². The summed E-state index contributed by atoms with van der Waals surface area (Å²) in [6.07, 6.45) is 0. The van der Waals surface area contributed by atoms with Crippen LogP contribution in [0.4, 0.5) is 17.1 Å². The molecule has 10 aromatic rings. The van der Waals surface area contributed by atoms with E-state index < -0.39 is 0 Å². The molecule has 0 saturated carbocycles. The molecule has 2 heterocycles. The maximum atomic E-state index is 6.29. The van der Waals surface area contributed by atoms with Crippen molar-refractivity contribution < 1.29 is 8.83 Å². The van der Waals surface area contributed by atoms with Crippen molar-refractivity contribution in [2.45, 2.75) is 0 Å². The Kier molecular flexibility index (Phi) is 6.15. The number of rotatable bonds is 5. The number of hydrogen-bond donors (Lipinski definition) is 0. The molecule has 2 aromatic heterocycles. The van der Waals surface area contributed by atoms with E-state index in [1.54, 1.807) is 0 Å². The number of fused-ring (bicyclic) bond motifs is 8. The number of para-hydroxylation sites is 2. The third-order valence-corrected chi connectivity index (χ3v) is 9.49. The van der Waals surface area contributed by atoms with Gasteiger partial charge in [0.15, 0.2) is 5.58 Å². The van der Waals surface area contributed by atoms with Crippen LogP contribution in [-0.4, -0.2) is 4.98 Å². The van der Waals surface area contributed by atoms with Crippen LogP contribution in [0.5, 0.6) is 0 Å². The molecule has 230 valence electrons. The number of benzene rings is 8. The zero-order valence-electron chi connectivity index (χ0n) is 26.4. The minimum absolute atomic E-state index is 0.627. The largest absolute Gasteiger partial charge is 0.456 e. The summed E-state index contributed by atoms with van der Waals surface area (Å²) >= 11 is 0. The number of furan rings is 1. The molecule has 0 amide bonds. The van der Waals surface area contributed by atoms with Crippen molar-refractivity contribution in [1.82, 2.24) is 4.98 Å². The van der Waals surface area contributed by atoms with E-state index in [-0.39, 0.29) is 0 Å². The van der Waals surface area contributed by atoms with Gasteiger partial charge in [0.2, 0.25) is 5.89 Å². The third-order valence-electron chi connectivity index (χ3n) is 9.49. The average Bonchev–Trinajstić information content (AvgIpc) is 3.78. The fraction of sp³-hybridized carbons (Fsp3) is 0. The highest BCUT2D eigenvalue weighted by atomic mass is 16.3.